The molecule has 1 aliphatic rings. The van der Waals surface area contributed by atoms with E-state index >= 15 is 0 Å². The van der Waals surface area contributed by atoms with Gasteiger partial charge in [0.15, 0.2) is 0 Å². The minimum Gasteiger partial charge on any atom is -0.507 e. The van der Waals surface area contributed by atoms with Gasteiger partial charge in [0.05, 0.1) is 18.1 Å². The molecular formula is C19H16INO4S. The maximum absolute atomic E-state index is 12.6. The normalized spacial score (nSPS) is 15.8. The number of ether oxygens (including phenoxy) is 1. The number of hydrogen-bond donors (Lipinski definition) is 1. The average Bonchev–Trinajstić information content (AvgIpc) is 2.87. The van der Waals surface area contributed by atoms with Crippen molar-refractivity contribution >= 4 is 51.6 Å². The van der Waals surface area contributed by atoms with E-state index in [1.807, 2.05) is 31.2 Å². The standard InChI is InChI=1S/C19H16INO4S/c1-2-25-15-7-8-16(22)13(9-15)10-17-18(23)21(19(24)26-17)11-12-3-5-14(20)6-4-12/h3-10,22H,2,11H2,1H3/b17-10-. The summed E-state index contributed by atoms with van der Waals surface area (Å²) in [5, 5.41) is 9.70. The van der Waals surface area contributed by atoms with Crippen LogP contribution >= 0.6 is 34.4 Å². The lowest BCUT2D eigenvalue weighted by Crippen LogP contribution is -2.27. The number of hydrogen-bond acceptors (Lipinski definition) is 5. The van der Waals surface area contributed by atoms with Crippen LogP contribution < -0.4 is 4.74 Å². The van der Waals surface area contributed by atoms with E-state index in [1.165, 1.54) is 17.0 Å². The predicted octanol–water partition coefficient (Wildman–Crippen LogP) is 4.63. The number of imide groups is 1. The summed E-state index contributed by atoms with van der Waals surface area (Å²) in [6, 6.07) is 12.5. The summed E-state index contributed by atoms with van der Waals surface area (Å²) in [7, 11) is 0. The Bertz CT molecular complexity index is 880. The zero-order chi connectivity index (χ0) is 18.7. The molecule has 3 rings (SSSR count). The van der Waals surface area contributed by atoms with Gasteiger partial charge in [0.1, 0.15) is 11.5 Å². The fourth-order valence-corrected chi connectivity index (χ4v) is 3.64. The highest BCUT2D eigenvalue weighted by atomic mass is 127. The third-order valence-electron chi connectivity index (χ3n) is 3.72. The van der Waals surface area contributed by atoms with Crippen molar-refractivity contribution in [2.75, 3.05) is 6.61 Å². The molecule has 2 amide bonds. The number of amides is 2. The second-order valence-corrected chi connectivity index (χ2v) is 7.79. The van der Waals surface area contributed by atoms with Gasteiger partial charge in [-0.15, -0.1) is 0 Å². The molecule has 1 fully saturated rings. The van der Waals surface area contributed by atoms with Gasteiger partial charge in [0.2, 0.25) is 0 Å². The minimum atomic E-state index is -0.361. The maximum atomic E-state index is 12.6. The Balaban J connectivity index is 1.83. The lowest BCUT2D eigenvalue weighted by molar-refractivity contribution is -0.123. The number of thioether (sulfide) groups is 1. The summed E-state index contributed by atoms with van der Waals surface area (Å²) in [5.74, 6) is 0.257. The van der Waals surface area contributed by atoms with Crippen molar-refractivity contribution in [1.82, 2.24) is 4.90 Å². The van der Waals surface area contributed by atoms with Crippen LogP contribution in [0.5, 0.6) is 11.5 Å². The first-order valence-corrected chi connectivity index (χ1v) is 9.83. The highest BCUT2D eigenvalue weighted by molar-refractivity contribution is 14.1. The number of benzene rings is 2. The zero-order valence-corrected chi connectivity index (χ0v) is 16.9. The molecule has 1 heterocycles. The molecule has 2 aromatic rings. The second-order valence-electron chi connectivity index (χ2n) is 5.55. The summed E-state index contributed by atoms with van der Waals surface area (Å²) in [5.41, 5.74) is 1.32. The Labute approximate surface area is 169 Å². The molecule has 0 radical (unpaired) electrons. The molecule has 0 aromatic heterocycles. The van der Waals surface area contributed by atoms with Gasteiger partial charge in [-0.25, -0.2) is 0 Å². The lowest BCUT2D eigenvalue weighted by Gasteiger charge is -2.12. The van der Waals surface area contributed by atoms with Gasteiger partial charge in [-0.05, 0) is 83.2 Å². The molecule has 0 bridgehead atoms. The van der Waals surface area contributed by atoms with E-state index in [2.05, 4.69) is 22.6 Å². The fraction of sp³-hybridized carbons (Fsp3) is 0.158. The quantitative estimate of drug-likeness (QED) is 0.499. The number of nitrogens with zero attached hydrogens (tertiary/aromatic N) is 1. The maximum Gasteiger partial charge on any atom is 0.293 e. The van der Waals surface area contributed by atoms with Gasteiger partial charge >= 0.3 is 0 Å². The van der Waals surface area contributed by atoms with E-state index < -0.39 is 0 Å². The Morgan fingerprint density at radius 2 is 1.92 bits per heavy atom. The van der Waals surface area contributed by atoms with Crippen molar-refractivity contribution in [2.24, 2.45) is 0 Å². The van der Waals surface area contributed by atoms with E-state index in [4.69, 9.17) is 4.74 Å². The van der Waals surface area contributed by atoms with Gasteiger partial charge in [-0.3, -0.25) is 14.5 Å². The number of rotatable bonds is 5. The highest BCUT2D eigenvalue weighted by Crippen LogP contribution is 2.35. The first-order chi connectivity index (χ1) is 12.5. The summed E-state index contributed by atoms with van der Waals surface area (Å²) < 4.78 is 6.50. The van der Waals surface area contributed by atoms with Crippen LogP contribution in [0.2, 0.25) is 0 Å². The smallest absolute Gasteiger partial charge is 0.293 e. The number of aromatic hydroxyl groups is 1. The first kappa shape index (κ1) is 18.8. The van der Waals surface area contributed by atoms with E-state index in [1.54, 1.807) is 12.1 Å². The minimum absolute atomic E-state index is 0.0258. The fourth-order valence-electron chi connectivity index (χ4n) is 2.45. The van der Waals surface area contributed by atoms with Gasteiger partial charge in [-0.1, -0.05) is 12.1 Å². The third-order valence-corrected chi connectivity index (χ3v) is 5.35. The van der Waals surface area contributed by atoms with E-state index in [9.17, 15) is 14.7 Å². The SMILES string of the molecule is CCOc1ccc(O)c(/C=C2\SC(=O)N(Cc3ccc(I)cc3)C2=O)c1. The van der Waals surface area contributed by atoms with Crippen LogP contribution in [0.1, 0.15) is 18.1 Å². The van der Waals surface area contributed by atoms with Crippen LogP contribution in [0.3, 0.4) is 0 Å². The molecule has 1 aliphatic heterocycles. The topological polar surface area (TPSA) is 66.8 Å². The Kier molecular flexibility index (Phi) is 5.87. The van der Waals surface area contributed by atoms with Crippen molar-refractivity contribution in [3.63, 3.8) is 0 Å². The molecule has 0 unspecified atom stereocenters. The lowest BCUT2D eigenvalue weighted by atomic mass is 10.1. The molecule has 1 N–H and O–H groups in total. The number of carbonyl (C=O) groups is 2. The molecule has 134 valence electrons. The molecule has 0 saturated carbocycles. The van der Waals surface area contributed by atoms with E-state index in [0.29, 0.717) is 17.9 Å². The van der Waals surface area contributed by atoms with Crippen molar-refractivity contribution in [2.45, 2.75) is 13.5 Å². The summed E-state index contributed by atoms with van der Waals surface area (Å²) in [6.07, 6.45) is 1.52. The summed E-state index contributed by atoms with van der Waals surface area (Å²) >= 11 is 3.07. The van der Waals surface area contributed by atoms with Crippen LogP contribution in [0, 0.1) is 3.57 Å². The van der Waals surface area contributed by atoms with Crippen molar-refractivity contribution < 1.29 is 19.4 Å². The number of halogens is 1. The van der Waals surface area contributed by atoms with E-state index in [-0.39, 0.29) is 28.3 Å². The number of carbonyl (C=O) groups excluding carboxylic acids is 2. The monoisotopic (exact) mass is 481 g/mol. The molecule has 26 heavy (non-hydrogen) atoms. The molecule has 1 saturated heterocycles. The molecule has 0 atom stereocenters. The van der Waals surface area contributed by atoms with Crippen LogP contribution in [-0.2, 0) is 11.3 Å². The Hall–Kier alpha value is -2.00. The van der Waals surface area contributed by atoms with Gasteiger partial charge in [-0.2, -0.15) is 0 Å². The summed E-state index contributed by atoms with van der Waals surface area (Å²) in [4.78, 5) is 26.4. The van der Waals surface area contributed by atoms with Crippen molar-refractivity contribution in [1.29, 1.82) is 0 Å². The Morgan fingerprint density at radius 1 is 1.19 bits per heavy atom. The highest BCUT2D eigenvalue weighted by Gasteiger charge is 2.35. The van der Waals surface area contributed by atoms with Crippen molar-refractivity contribution in [3.8, 4) is 11.5 Å². The van der Waals surface area contributed by atoms with Crippen LogP contribution in [0.25, 0.3) is 6.08 Å². The number of phenolic OH excluding ortho intramolecular Hbond substituents is 1. The molecule has 7 heteroatoms. The van der Waals surface area contributed by atoms with E-state index in [0.717, 1.165) is 20.9 Å². The summed E-state index contributed by atoms with van der Waals surface area (Å²) in [6.45, 7) is 2.59. The Morgan fingerprint density at radius 3 is 2.62 bits per heavy atom. The van der Waals surface area contributed by atoms with Crippen molar-refractivity contribution in [3.05, 3.63) is 62.1 Å². The number of phenols is 1. The second kappa shape index (κ2) is 8.13. The molecule has 0 spiro atoms. The molecule has 2 aromatic carbocycles. The first-order valence-electron chi connectivity index (χ1n) is 7.93. The molecule has 0 aliphatic carbocycles. The zero-order valence-electron chi connectivity index (χ0n) is 13.9. The largest absolute Gasteiger partial charge is 0.507 e. The van der Waals surface area contributed by atoms with Crippen LogP contribution in [0.15, 0.2) is 47.4 Å². The predicted molar refractivity (Wildman–Crippen MR) is 110 cm³/mol. The van der Waals surface area contributed by atoms with Crippen LogP contribution in [0.4, 0.5) is 4.79 Å². The van der Waals surface area contributed by atoms with Gasteiger partial charge in [0.25, 0.3) is 11.1 Å². The average molecular weight is 481 g/mol. The third kappa shape index (κ3) is 4.21. The molecular weight excluding hydrogens is 465 g/mol. The van der Waals surface area contributed by atoms with Crippen LogP contribution in [-0.4, -0.2) is 27.8 Å². The van der Waals surface area contributed by atoms with Gasteiger partial charge in [0, 0.05) is 9.13 Å². The van der Waals surface area contributed by atoms with Gasteiger partial charge < -0.3 is 9.84 Å². The molecule has 5 nitrogen and oxygen atoms in total.